The Bertz CT molecular complexity index is 373. The Hall–Kier alpha value is -1.36. The zero-order valence-electron chi connectivity index (χ0n) is 9.04. The summed E-state index contributed by atoms with van der Waals surface area (Å²) < 4.78 is 4.89. The van der Waals surface area contributed by atoms with Crippen LogP contribution >= 0.6 is 0 Å². The lowest BCUT2D eigenvalue weighted by molar-refractivity contribution is 0.194. The van der Waals surface area contributed by atoms with Gasteiger partial charge in [0, 0.05) is 20.1 Å². The van der Waals surface area contributed by atoms with Crippen LogP contribution in [0.5, 0.6) is 5.88 Å². The van der Waals surface area contributed by atoms with Crippen molar-refractivity contribution in [2.75, 3.05) is 13.7 Å². The van der Waals surface area contributed by atoms with Crippen molar-refractivity contribution in [3.63, 3.8) is 0 Å². The van der Waals surface area contributed by atoms with E-state index in [2.05, 4.69) is 9.97 Å². The first kappa shape index (κ1) is 11.7. The SMILES string of the molecule is CCc1c(O)nc(CCCOC)[nH]c1=O. The highest BCUT2D eigenvalue weighted by Gasteiger charge is 2.07. The van der Waals surface area contributed by atoms with Gasteiger partial charge in [-0.2, -0.15) is 0 Å². The van der Waals surface area contributed by atoms with Crippen molar-refractivity contribution in [2.24, 2.45) is 0 Å². The van der Waals surface area contributed by atoms with Crippen LogP contribution in [-0.2, 0) is 17.6 Å². The molecule has 0 aliphatic heterocycles. The summed E-state index contributed by atoms with van der Waals surface area (Å²) in [6, 6.07) is 0. The molecule has 1 aromatic rings. The minimum Gasteiger partial charge on any atom is -0.493 e. The average molecular weight is 212 g/mol. The van der Waals surface area contributed by atoms with Gasteiger partial charge < -0.3 is 14.8 Å². The summed E-state index contributed by atoms with van der Waals surface area (Å²) in [5.41, 5.74) is 0.0860. The van der Waals surface area contributed by atoms with Gasteiger partial charge in [0.15, 0.2) is 0 Å². The van der Waals surface area contributed by atoms with Crippen LogP contribution < -0.4 is 5.56 Å². The monoisotopic (exact) mass is 212 g/mol. The molecule has 0 saturated carbocycles. The van der Waals surface area contributed by atoms with E-state index >= 15 is 0 Å². The number of hydrogen-bond acceptors (Lipinski definition) is 4. The summed E-state index contributed by atoms with van der Waals surface area (Å²) in [5.74, 6) is 0.348. The lowest BCUT2D eigenvalue weighted by atomic mass is 10.2. The quantitative estimate of drug-likeness (QED) is 0.701. The third-order valence-electron chi connectivity index (χ3n) is 2.16. The van der Waals surface area contributed by atoms with Crippen molar-refractivity contribution in [3.05, 3.63) is 21.7 Å². The molecule has 0 unspecified atom stereocenters. The number of hydrogen-bond donors (Lipinski definition) is 2. The molecule has 15 heavy (non-hydrogen) atoms. The molecule has 0 spiro atoms. The summed E-state index contributed by atoms with van der Waals surface area (Å²) in [6.07, 6.45) is 1.84. The molecule has 1 aromatic heterocycles. The second kappa shape index (κ2) is 5.50. The van der Waals surface area contributed by atoms with Crippen LogP contribution in [0.1, 0.15) is 24.7 Å². The highest BCUT2D eigenvalue weighted by atomic mass is 16.5. The predicted molar refractivity (Wildman–Crippen MR) is 56.1 cm³/mol. The summed E-state index contributed by atoms with van der Waals surface area (Å²) in [7, 11) is 1.62. The topological polar surface area (TPSA) is 75.2 Å². The van der Waals surface area contributed by atoms with E-state index in [-0.39, 0.29) is 11.4 Å². The van der Waals surface area contributed by atoms with E-state index < -0.39 is 0 Å². The smallest absolute Gasteiger partial charge is 0.257 e. The van der Waals surface area contributed by atoms with Crippen molar-refractivity contribution in [2.45, 2.75) is 26.2 Å². The van der Waals surface area contributed by atoms with E-state index in [1.165, 1.54) is 0 Å². The Kier molecular flexibility index (Phi) is 4.30. The highest BCUT2D eigenvalue weighted by Crippen LogP contribution is 2.09. The number of nitrogens with zero attached hydrogens (tertiary/aromatic N) is 1. The number of aromatic hydroxyl groups is 1. The molecule has 2 N–H and O–H groups in total. The van der Waals surface area contributed by atoms with Gasteiger partial charge in [0.1, 0.15) is 5.82 Å². The molecule has 0 fully saturated rings. The summed E-state index contributed by atoms with van der Waals surface area (Å²) in [4.78, 5) is 18.0. The maximum Gasteiger partial charge on any atom is 0.257 e. The predicted octanol–water partition coefficient (Wildman–Crippen LogP) is 0.617. The maximum atomic E-state index is 11.4. The first-order chi connectivity index (χ1) is 7.19. The van der Waals surface area contributed by atoms with Gasteiger partial charge in [-0.3, -0.25) is 4.79 Å². The Balaban J connectivity index is 2.80. The number of ether oxygens (including phenoxy) is 1. The fraction of sp³-hybridized carbons (Fsp3) is 0.600. The first-order valence-corrected chi connectivity index (χ1v) is 4.99. The van der Waals surface area contributed by atoms with Gasteiger partial charge in [-0.25, -0.2) is 4.98 Å². The third-order valence-corrected chi connectivity index (χ3v) is 2.16. The molecule has 1 rings (SSSR count). The number of aromatic amines is 1. The van der Waals surface area contributed by atoms with Crippen LogP contribution in [0.3, 0.4) is 0 Å². The summed E-state index contributed by atoms with van der Waals surface area (Å²) in [5, 5.41) is 9.47. The zero-order valence-corrected chi connectivity index (χ0v) is 9.04. The fourth-order valence-corrected chi connectivity index (χ4v) is 1.35. The van der Waals surface area contributed by atoms with E-state index in [0.29, 0.717) is 30.8 Å². The standard InChI is InChI=1S/C10H16N2O3/c1-3-7-9(13)11-8(12-10(7)14)5-4-6-15-2/h3-6H2,1-2H3,(H2,11,12,13,14). The molecule has 1 heterocycles. The molecule has 0 amide bonds. The normalized spacial score (nSPS) is 10.5. The number of rotatable bonds is 5. The lowest BCUT2D eigenvalue weighted by Crippen LogP contribution is -2.16. The van der Waals surface area contributed by atoms with Crippen molar-refractivity contribution in [3.8, 4) is 5.88 Å². The van der Waals surface area contributed by atoms with E-state index in [1.54, 1.807) is 14.0 Å². The van der Waals surface area contributed by atoms with Gasteiger partial charge in [-0.15, -0.1) is 0 Å². The van der Waals surface area contributed by atoms with E-state index in [9.17, 15) is 9.90 Å². The molecular formula is C10H16N2O3. The van der Waals surface area contributed by atoms with Gasteiger partial charge in [0.25, 0.3) is 5.56 Å². The van der Waals surface area contributed by atoms with Gasteiger partial charge in [-0.1, -0.05) is 6.92 Å². The van der Waals surface area contributed by atoms with Crippen LogP contribution in [0.15, 0.2) is 4.79 Å². The van der Waals surface area contributed by atoms with Crippen molar-refractivity contribution >= 4 is 0 Å². The van der Waals surface area contributed by atoms with E-state index in [4.69, 9.17) is 4.74 Å². The largest absolute Gasteiger partial charge is 0.493 e. The van der Waals surface area contributed by atoms with Crippen LogP contribution in [0, 0.1) is 0 Å². The molecule has 0 saturated heterocycles. The second-order valence-corrected chi connectivity index (χ2v) is 3.26. The molecule has 0 aliphatic carbocycles. The number of H-pyrrole nitrogens is 1. The molecule has 5 nitrogen and oxygen atoms in total. The van der Waals surface area contributed by atoms with E-state index in [1.807, 2.05) is 0 Å². The molecule has 0 aromatic carbocycles. The molecule has 0 atom stereocenters. The van der Waals surface area contributed by atoms with Gasteiger partial charge in [-0.05, 0) is 12.8 Å². The maximum absolute atomic E-state index is 11.4. The Morgan fingerprint density at radius 3 is 2.80 bits per heavy atom. The highest BCUT2D eigenvalue weighted by molar-refractivity contribution is 5.22. The first-order valence-electron chi connectivity index (χ1n) is 4.99. The number of aromatic nitrogens is 2. The molecule has 5 heteroatoms. The number of aryl methyl sites for hydroxylation is 1. The number of nitrogens with one attached hydrogen (secondary N) is 1. The minimum absolute atomic E-state index is 0.159. The van der Waals surface area contributed by atoms with Crippen molar-refractivity contribution < 1.29 is 9.84 Å². The minimum atomic E-state index is -0.252. The summed E-state index contributed by atoms with van der Waals surface area (Å²) >= 11 is 0. The zero-order chi connectivity index (χ0) is 11.3. The molecule has 0 radical (unpaired) electrons. The van der Waals surface area contributed by atoms with Gasteiger partial charge in [0.2, 0.25) is 5.88 Å². The van der Waals surface area contributed by atoms with Crippen molar-refractivity contribution in [1.29, 1.82) is 0 Å². The average Bonchev–Trinajstić information content (AvgIpc) is 2.18. The molecular weight excluding hydrogens is 196 g/mol. The second-order valence-electron chi connectivity index (χ2n) is 3.26. The molecule has 0 bridgehead atoms. The molecule has 84 valence electrons. The van der Waals surface area contributed by atoms with Crippen LogP contribution in [0.4, 0.5) is 0 Å². The third kappa shape index (κ3) is 3.06. The fourth-order valence-electron chi connectivity index (χ4n) is 1.35. The number of methoxy groups -OCH3 is 1. The lowest BCUT2D eigenvalue weighted by Gasteiger charge is -2.03. The summed E-state index contributed by atoms with van der Waals surface area (Å²) in [6.45, 7) is 2.41. The van der Waals surface area contributed by atoms with Gasteiger partial charge in [0.05, 0.1) is 5.56 Å². The van der Waals surface area contributed by atoms with E-state index in [0.717, 1.165) is 6.42 Å². The van der Waals surface area contributed by atoms with Crippen LogP contribution in [0.2, 0.25) is 0 Å². The Labute approximate surface area is 88.1 Å². The van der Waals surface area contributed by atoms with Crippen molar-refractivity contribution in [1.82, 2.24) is 9.97 Å². The van der Waals surface area contributed by atoms with Crippen LogP contribution in [-0.4, -0.2) is 28.8 Å². The Morgan fingerprint density at radius 1 is 1.53 bits per heavy atom. The Morgan fingerprint density at radius 2 is 2.27 bits per heavy atom. The molecule has 0 aliphatic rings. The van der Waals surface area contributed by atoms with Crippen LogP contribution in [0.25, 0.3) is 0 Å². The van der Waals surface area contributed by atoms with Gasteiger partial charge >= 0.3 is 0 Å².